The molecular formula is C8H11N. The molecule has 1 aliphatic rings. The van der Waals surface area contributed by atoms with E-state index in [-0.39, 0.29) is 0 Å². The van der Waals surface area contributed by atoms with Crippen LogP contribution in [0.4, 0.5) is 0 Å². The third-order valence-electron chi connectivity index (χ3n) is 1.19. The Morgan fingerprint density at radius 2 is 1.78 bits per heavy atom. The average molecular weight is 121 g/mol. The fourth-order valence-electron chi connectivity index (χ4n) is 0.726. The maximum absolute atomic E-state index is 3.81. The van der Waals surface area contributed by atoms with Crippen LogP contribution in [0, 0.1) is 0 Å². The van der Waals surface area contributed by atoms with Gasteiger partial charge in [-0.25, -0.2) is 0 Å². The van der Waals surface area contributed by atoms with Crippen molar-refractivity contribution >= 4 is 0 Å². The highest BCUT2D eigenvalue weighted by Gasteiger charge is 1.84. The molecule has 0 aromatic carbocycles. The summed E-state index contributed by atoms with van der Waals surface area (Å²) in [4.78, 5) is 0. The van der Waals surface area contributed by atoms with E-state index in [9.17, 15) is 0 Å². The zero-order valence-electron chi connectivity index (χ0n) is 5.43. The van der Waals surface area contributed by atoms with E-state index in [0.29, 0.717) is 0 Å². The number of hydrogen-bond acceptors (Lipinski definition) is 1. The van der Waals surface area contributed by atoms with E-state index in [2.05, 4.69) is 24.0 Å². The SMILES string of the molecule is C=C1C=CCNC/C=C\1. The standard InChI is InChI=1S/C8H11N/c1-8-4-2-6-9-7-3-5-8/h2-5,9H,1,6-7H2/b4-2-,5-3?. The van der Waals surface area contributed by atoms with Gasteiger partial charge >= 0.3 is 0 Å². The first-order valence-corrected chi connectivity index (χ1v) is 3.12. The van der Waals surface area contributed by atoms with Crippen LogP contribution < -0.4 is 5.32 Å². The van der Waals surface area contributed by atoms with Crippen LogP contribution >= 0.6 is 0 Å². The number of rotatable bonds is 0. The molecule has 1 aliphatic heterocycles. The minimum Gasteiger partial charge on any atom is -0.310 e. The van der Waals surface area contributed by atoms with Crippen LogP contribution in [0.15, 0.2) is 36.5 Å². The van der Waals surface area contributed by atoms with Crippen LogP contribution in [0.2, 0.25) is 0 Å². The van der Waals surface area contributed by atoms with E-state index in [1.54, 1.807) is 0 Å². The van der Waals surface area contributed by atoms with Crippen molar-refractivity contribution < 1.29 is 0 Å². The van der Waals surface area contributed by atoms with Crippen molar-refractivity contribution in [2.24, 2.45) is 0 Å². The zero-order chi connectivity index (χ0) is 6.53. The molecule has 1 N–H and O–H groups in total. The van der Waals surface area contributed by atoms with Gasteiger partial charge in [0, 0.05) is 13.1 Å². The highest BCUT2D eigenvalue weighted by atomic mass is 14.8. The maximum Gasteiger partial charge on any atom is 0.0141 e. The summed E-state index contributed by atoms with van der Waals surface area (Å²) in [5, 5.41) is 3.19. The summed E-state index contributed by atoms with van der Waals surface area (Å²) in [7, 11) is 0. The van der Waals surface area contributed by atoms with Crippen LogP contribution in [-0.4, -0.2) is 13.1 Å². The van der Waals surface area contributed by atoms with Crippen LogP contribution in [0.1, 0.15) is 0 Å². The van der Waals surface area contributed by atoms with Crippen LogP contribution in [0.3, 0.4) is 0 Å². The Hall–Kier alpha value is -0.820. The molecule has 0 saturated carbocycles. The number of hydrogen-bond donors (Lipinski definition) is 1. The fraction of sp³-hybridized carbons (Fsp3) is 0.250. The van der Waals surface area contributed by atoms with Gasteiger partial charge in [0.25, 0.3) is 0 Å². The molecule has 1 heteroatoms. The molecule has 0 atom stereocenters. The third-order valence-corrected chi connectivity index (χ3v) is 1.19. The Kier molecular flexibility index (Phi) is 2.28. The zero-order valence-corrected chi connectivity index (χ0v) is 5.43. The number of allylic oxidation sites excluding steroid dienone is 3. The normalized spacial score (nSPS) is 22.9. The second-order valence-electron chi connectivity index (χ2n) is 2.04. The van der Waals surface area contributed by atoms with Gasteiger partial charge < -0.3 is 5.32 Å². The molecule has 0 aliphatic carbocycles. The molecule has 0 amide bonds. The highest BCUT2D eigenvalue weighted by Crippen LogP contribution is 1.95. The summed E-state index contributed by atoms with van der Waals surface area (Å²) in [5.74, 6) is 0. The largest absolute Gasteiger partial charge is 0.310 e. The van der Waals surface area contributed by atoms with E-state index in [0.717, 1.165) is 18.7 Å². The van der Waals surface area contributed by atoms with Crippen molar-refractivity contribution in [2.45, 2.75) is 0 Å². The minimum atomic E-state index is 0.948. The highest BCUT2D eigenvalue weighted by molar-refractivity contribution is 5.28. The van der Waals surface area contributed by atoms with Crippen molar-refractivity contribution in [1.82, 2.24) is 5.32 Å². The lowest BCUT2D eigenvalue weighted by molar-refractivity contribution is 0.839. The van der Waals surface area contributed by atoms with Gasteiger partial charge in [-0.1, -0.05) is 30.9 Å². The quantitative estimate of drug-likeness (QED) is 0.508. The molecule has 0 spiro atoms. The van der Waals surface area contributed by atoms with Gasteiger partial charge in [0.2, 0.25) is 0 Å². The van der Waals surface area contributed by atoms with Crippen molar-refractivity contribution in [3.05, 3.63) is 36.5 Å². The van der Waals surface area contributed by atoms with Gasteiger partial charge in [-0.3, -0.25) is 0 Å². The summed E-state index contributed by atoms with van der Waals surface area (Å²) in [6.45, 7) is 5.71. The summed E-state index contributed by atoms with van der Waals surface area (Å²) in [6.07, 6.45) is 8.18. The smallest absolute Gasteiger partial charge is 0.0141 e. The molecule has 0 aromatic heterocycles. The molecule has 0 saturated heterocycles. The van der Waals surface area contributed by atoms with Crippen LogP contribution in [-0.2, 0) is 0 Å². The summed E-state index contributed by atoms with van der Waals surface area (Å²) >= 11 is 0. The monoisotopic (exact) mass is 121 g/mol. The van der Waals surface area contributed by atoms with Gasteiger partial charge in [-0.15, -0.1) is 0 Å². The second kappa shape index (κ2) is 3.25. The van der Waals surface area contributed by atoms with Crippen molar-refractivity contribution in [2.75, 3.05) is 13.1 Å². The molecule has 48 valence electrons. The topological polar surface area (TPSA) is 12.0 Å². The second-order valence-corrected chi connectivity index (χ2v) is 2.04. The first-order valence-electron chi connectivity index (χ1n) is 3.12. The van der Waals surface area contributed by atoms with Gasteiger partial charge in [0.05, 0.1) is 0 Å². The molecule has 0 fully saturated rings. The Labute approximate surface area is 55.8 Å². The van der Waals surface area contributed by atoms with E-state index >= 15 is 0 Å². The maximum atomic E-state index is 3.81. The van der Waals surface area contributed by atoms with Crippen molar-refractivity contribution in [1.29, 1.82) is 0 Å². The first kappa shape index (κ1) is 6.30. The predicted molar refractivity (Wildman–Crippen MR) is 40.3 cm³/mol. The van der Waals surface area contributed by atoms with Crippen molar-refractivity contribution in [3.8, 4) is 0 Å². The lowest BCUT2D eigenvalue weighted by Gasteiger charge is -1.98. The Balaban J connectivity index is 2.55. The molecule has 0 bridgehead atoms. The van der Waals surface area contributed by atoms with Gasteiger partial charge in [0.15, 0.2) is 0 Å². The fourth-order valence-corrected chi connectivity index (χ4v) is 0.726. The van der Waals surface area contributed by atoms with Crippen LogP contribution in [0.5, 0.6) is 0 Å². The van der Waals surface area contributed by atoms with Gasteiger partial charge in [-0.2, -0.15) is 0 Å². The third kappa shape index (κ3) is 2.29. The Morgan fingerprint density at radius 3 is 2.33 bits per heavy atom. The molecule has 0 radical (unpaired) electrons. The van der Waals surface area contributed by atoms with Gasteiger partial charge in [-0.05, 0) is 5.57 Å². The predicted octanol–water partition coefficient (Wildman–Crippen LogP) is 1.26. The first-order chi connectivity index (χ1) is 4.39. The molecule has 1 rings (SSSR count). The molecular weight excluding hydrogens is 110 g/mol. The van der Waals surface area contributed by atoms with E-state index in [4.69, 9.17) is 0 Å². The molecule has 0 unspecified atom stereocenters. The van der Waals surface area contributed by atoms with E-state index < -0.39 is 0 Å². The van der Waals surface area contributed by atoms with Crippen LogP contribution in [0.25, 0.3) is 0 Å². The summed E-state index contributed by atoms with van der Waals surface area (Å²) < 4.78 is 0. The Bertz CT molecular complexity index is 138. The van der Waals surface area contributed by atoms with Crippen molar-refractivity contribution in [3.63, 3.8) is 0 Å². The number of nitrogens with one attached hydrogen (secondary N) is 1. The molecule has 1 heterocycles. The Morgan fingerprint density at radius 1 is 1.22 bits per heavy atom. The average Bonchev–Trinajstić information content (AvgIpc) is 1.79. The van der Waals surface area contributed by atoms with E-state index in [1.807, 2.05) is 12.2 Å². The van der Waals surface area contributed by atoms with Gasteiger partial charge in [0.1, 0.15) is 0 Å². The lowest BCUT2D eigenvalue weighted by Crippen LogP contribution is -2.13. The molecule has 0 aromatic rings. The summed E-state index contributed by atoms with van der Waals surface area (Å²) in [5.41, 5.74) is 1.08. The minimum absolute atomic E-state index is 0.948. The lowest BCUT2D eigenvalue weighted by atomic mass is 10.2. The molecule has 9 heavy (non-hydrogen) atoms. The molecule has 1 nitrogen and oxygen atoms in total. The van der Waals surface area contributed by atoms with E-state index in [1.165, 1.54) is 0 Å². The summed E-state index contributed by atoms with van der Waals surface area (Å²) in [6, 6.07) is 0.